The Balaban J connectivity index is 1.09. The maximum atomic E-state index is 15.4. The molecule has 3 aliphatic rings. The van der Waals surface area contributed by atoms with Gasteiger partial charge in [-0.1, -0.05) is 29.2 Å². The summed E-state index contributed by atoms with van der Waals surface area (Å²) in [6.07, 6.45) is 5.95. The molecule has 13 heteroatoms. The second kappa shape index (κ2) is 13.2. The van der Waals surface area contributed by atoms with Crippen LogP contribution in [-0.4, -0.2) is 72.5 Å². The minimum atomic E-state index is -4.48. The summed E-state index contributed by atoms with van der Waals surface area (Å²) < 4.78 is 72.2. The van der Waals surface area contributed by atoms with Crippen LogP contribution in [0.15, 0.2) is 65.6 Å². The molecule has 1 unspecified atom stereocenters. The summed E-state index contributed by atoms with van der Waals surface area (Å²) >= 11 is 0. The van der Waals surface area contributed by atoms with E-state index in [1.807, 2.05) is 12.1 Å². The number of halogens is 3. The van der Waals surface area contributed by atoms with Crippen LogP contribution in [0.5, 0.6) is 0 Å². The van der Waals surface area contributed by atoms with E-state index in [1.165, 1.54) is 16.5 Å². The van der Waals surface area contributed by atoms with Crippen molar-refractivity contribution in [3.63, 3.8) is 0 Å². The molecular formula is C36H40F3N5O4S. The lowest BCUT2D eigenvalue weighted by atomic mass is 9.70. The zero-order valence-electron chi connectivity index (χ0n) is 27.5. The number of imidazole rings is 1. The molecule has 3 aromatic carbocycles. The molecule has 7 rings (SSSR count). The summed E-state index contributed by atoms with van der Waals surface area (Å²) in [5.74, 6) is -2.87. The van der Waals surface area contributed by atoms with Gasteiger partial charge in [0.05, 0.1) is 18.1 Å². The van der Waals surface area contributed by atoms with Gasteiger partial charge in [0.25, 0.3) is 15.9 Å². The third-order valence-electron chi connectivity index (χ3n) is 11.0. The molecular weight excluding hydrogens is 655 g/mol. The fourth-order valence-corrected chi connectivity index (χ4v) is 9.57. The number of nitrogens with zero attached hydrogens (tertiary/aromatic N) is 4. The predicted molar refractivity (Wildman–Crippen MR) is 178 cm³/mol. The van der Waals surface area contributed by atoms with E-state index in [9.17, 15) is 22.0 Å². The quantitative estimate of drug-likeness (QED) is 0.215. The second-order valence-corrected chi connectivity index (χ2v) is 15.2. The van der Waals surface area contributed by atoms with Gasteiger partial charge in [-0.15, -0.1) is 0 Å². The zero-order valence-corrected chi connectivity index (χ0v) is 28.4. The van der Waals surface area contributed by atoms with Crippen molar-refractivity contribution in [2.24, 2.45) is 0 Å². The van der Waals surface area contributed by atoms with Crippen LogP contribution in [-0.2, 0) is 20.3 Å². The SMILES string of the molecule is CONS(=O)(=O)c1ccc(F)c(C(=O)N2CCC(CCN3[C@@H]4CC[C@H]3CC(n3c(C)nc5ccccc53)C4)(c3cccc(F)c3)CC2)c1F. The Labute approximate surface area is 284 Å². The van der Waals surface area contributed by atoms with Crippen molar-refractivity contribution >= 4 is 27.0 Å². The molecule has 4 aromatic rings. The van der Waals surface area contributed by atoms with Crippen LogP contribution in [0.1, 0.15) is 72.7 Å². The Morgan fingerprint density at radius 3 is 2.39 bits per heavy atom. The number of rotatable bonds is 9. The van der Waals surface area contributed by atoms with Crippen molar-refractivity contribution in [3.8, 4) is 0 Å². The van der Waals surface area contributed by atoms with Gasteiger partial charge in [-0.2, -0.15) is 0 Å². The molecule has 49 heavy (non-hydrogen) atoms. The standard InChI is InChI=1S/C36H40F3N5O4S/c1-23-40-30-8-3-4-9-31(30)44(23)28-21-26-10-11-27(22-28)43(26)19-16-36(24-6-5-7-25(37)20-24)14-17-42(18-15-36)35(45)33-29(38)12-13-32(34(33)39)49(46,47)41-48-2/h3-9,12-13,20,26-28,41H,10-11,14-19,21-22H2,1-2H3/t26-,27+,28?. The number of amides is 1. The number of carbonyl (C=O) groups is 1. The van der Waals surface area contributed by atoms with Crippen LogP contribution >= 0.6 is 0 Å². The number of nitrogens with one attached hydrogen (secondary N) is 1. The van der Waals surface area contributed by atoms with E-state index < -0.39 is 43.4 Å². The van der Waals surface area contributed by atoms with Gasteiger partial charge in [-0.3, -0.25) is 14.5 Å². The van der Waals surface area contributed by atoms with Crippen molar-refractivity contribution < 1.29 is 31.2 Å². The Morgan fingerprint density at radius 1 is 0.980 bits per heavy atom. The highest BCUT2D eigenvalue weighted by molar-refractivity contribution is 7.89. The maximum absolute atomic E-state index is 15.4. The molecule has 3 saturated heterocycles. The molecule has 1 amide bonds. The zero-order chi connectivity index (χ0) is 34.5. The number of para-hydroxylation sites is 2. The van der Waals surface area contributed by atoms with Gasteiger partial charge in [0.1, 0.15) is 27.9 Å². The molecule has 0 aliphatic carbocycles. The molecule has 0 spiro atoms. The number of piperidine rings is 2. The second-order valence-electron chi connectivity index (χ2n) is 13.6. The molecule has 1 N–H and O–H groups in total. The largest absolute Gasteiger partial charge is 0.338 e. The third kappa shape index (κ3) is 6.15. The van der Waals surface area contributed by atoms with Crippen molar-refractivity contribution in [1.82, 2.24) is 24.2 Å². The van der Waals surface area contributed by atoms with Crippen LogP contribution in [0.3, 0.4) is 0 Å². The molecule has 3 aliphatic heterocycles. The topological polar surface area (TPSA) is 96.8 Å². The van der Waals surface area contributed by atoms with Gasteiger partial charge >= 0.3 is 0 Å². The van der Waals surface area contributed by atoms with Gasteiger partial charge in [0.2, 0.25) is 0 Å². The number of carbonyl (C=O) groups excluding carboxylic acids is 1. The Bertz CT molecular complexity index is 1980. The predicted octanol–water partition coefficient (Wildman–Crippen LogP) is 6.03. The van der Waals surface area contributed by atoms with Crippen molar-refractivity contribution in [3.05, 3.63) is 95.1 Å². The molecule has 3 fully saturated rings. The molecule has 9 nitrogen and oxygen atoms in total. The average Bonchev–Trinajstić information content (AvgIpc) is 3.53. The van der Waals surface area contributed by atoms with Crippen LogP contribution in [0.4, 0.5) is 13.2 Å². The molecule has 2 bridgehead atoms. The van der Waals surface area contributed by atoms with Gasteiger partial charge in [0, 0.05) is 31.2 Å². The van der Waals surface area contributed by atoms with Gasteiger partial charge in [-0.05, 0) is 106 Å². The summed E-state index contributed by atoms with van der Waals surface area (Å²) in [7, 11) is -3.44. The molecule has 3 atom stereocenters. The molecule has 0 saturated carbocycles. The van der Waals surface area contributed by atoms with Crippen molar-refractivity contribution in [1.29, 1.82) is 0 Å². The highest BCUT2D eigenvalue weighted by atomic mass is 32.2. The molecule has 1 aromatic heterocycles. The highest BCUT2D eigenvalue weighted by Crippen LogP contribution is 2.45. The van der Waals surface area contributed by atoms with Crippen molar-refractivity contribution in [2.75, 3.05) is 26.7 Å². The van der Waals surface area contributed by atoms with E-state index in [1.54, 1.807) is 17.0 Å². The van der Waals surface area contributed by atoms with Crippen LogP contribution in [0.25, 0.3) is 11.0 Å². The van der Waals surface area contributed by atoms with Crippen LogP contribution in [0.2, 0.25) is 0 Å². The van der Waals surface area contributed by atoms with Gasteiger partial charge < -0.3 is 9.47 Å². The lowest BCUT2D eigenvalue weighted by Gasteiger charge is -2.45. The van der Waals surface area contributed by atoms with Gasteiger partial charge in [-0.25, -0.2) is 26.6 Å². The van der Waals surface area contributed by atoms with E-state index in [-0.39, 0.29) is 18.9 Å². The number of aryl methyl sites for hydroxylation is 1. The fourth-order valence-electron chi connectivity index (χ4n) is 8.68. The first-order chi connectivity index (χ1) is 23.5. The normalized spacial score (nSPS) is 22.6. The minimum absolute atomic E-state index is 0.170. The minimum Gasteiger partial charge on any atom is -0.338 e. The third-order valence-corrected chi connectivity index (χ3v) is 12.3. The first kappa shape index (κ1) is 33.7. The maximum Gasteiger partial charge on any atom is 0.265 e. The fraction of sp³-hybridized carbons (Fsp3) is 0.444. The average molecular weight is 696 g/mol. The smallest absolute Gasteiger partial charge is 0.265 e. The van der Waals surface area contributed by atoms with E-state index in [0.29, 0.717) is 31.0 Å². The Morgan fingerprint density at radius 2 is 1.69 bits per heavy atom. The number of hydrogen-bond donors (Lipinski definition) is 1. The summed E-state index contributed by atoms with van der Waals surface area (Å²) in [5, 5.41) is 0. The van der Waals surface area contributed by atoms with Crippen LogP contribution in [0, 0.1) is 24.4 Å². The monoisotopic (exact) mass is 695 g/mol. The van der Waals surface area contributed by atoms with E-state index in [4.69, 9.17) is 4.98 Å². The number of hydrogen-bond acceptors (Lipinski definition) is 6. The summed E-state index contributed by atoms with van der Waals surface area (Å²) in [6, 6.07) is 17.6. The lowest BCUT2D eigenvalue weighted by molar-refractivity contribution is 0.0598. The Kier molecular flexibility index (Phi) is 9.05. The van der Waals surface area contributed by atoms with Crippen LogP contribution < -0.4 is 4.89 Å². The first-order valence-electron chi connectivity index (χ1n) is 16.8. The number of fused-ring (bicyclic) bond motifs is 3. The van der Waals surface area contributed by atoms with Gasteiger partial charge in [0.15, 0.2) is 5.82 Å². The summed E-state index contributed by atoms with van der Waals surface area (Å²) in [5.41, 5.74) is 1.64. The lowest BCUT2D eigenvalue weighted by Crippen LogP contribution is -2.49. The molecule has 0 radical (unpaired) electrons. The Hall–Kier alpha value is -3.78. The first-order valence-corrected chi connectivity index (χ1v) is 18.3. The summed E-state index contributed by atoms with van der Waals surface area (Å²) in [4.78, 5) is 27.6. The van der Waals surface area contributed by atoms with Crippen molar-refractivity contribution in [2.45, 2.75) is 80.3 Å². The highest BCUT2D eigenvalue weighted by Gasteiger charge is 2.44. The number of aromatic nitrogens is 2. The van der Waals surface area contributed by atoms with E-state index in [2.05, 4.69) is 39.4 Å². The number of benzene rings is 3. The number of likely N-dealkylation sites (tertiary alicyclic amines) is 1. The summed E-state index contributed by atoms with van der Waals surface area (Å²) in [6.45, 7) is 3.23. The van der Waals surface area contributed by atoms with E-state index in [0.717, 1.165) is 74.8 Å². The number of sulfonamides is 1. The molecule has 4 heterocycles. The van der Waals surface area contributed by atoms with E-state index >= 15 is 4.39 Å². The molecule has 260 valence electrons.